The zero-order valence-corrected chi connectivity index (χ0v) is 19.0. The highest BCUT2D eigenvalue weighted by molar-refractivity contribution is 14.0. The molecule has 0 spiro atoms. The molecule has 3 N–H and O–H groups in total. The van der Waals surface area contributed by atoms with Gasteiger partial charge in [-0.2, -0.15) is 0 Å². The molecule has 0 saturated carbocycles. The Bertz CT molecular complexity index is 945. The van der Waals surface area contributed by atoms with E-state index in [1.165, 1.54) is 0 Å². The third-order valence-corrected chi connectivity index (χ3v) is 4.36. The SMILES string of the molecule is CCNC(=NCc1cn2c(C)cccc2n1)NCC(C)(O)c1ccc(C)o1.I. The molecule has 28 heavy (non-hydrogen) atoms. The fourth-order valence-corrected chi connectivity index (χ4v) is 2.84. The number of nitrogens with zero attached hydrogens (tertiary/aromatic N) is 3. The normalized spacial score (nSPS) is 13.8. The van der Waals surface area contributed by atoms with Crippen molar-refractivity contribution in [1.82, 2.24) is 20.0 Å². The van der Waals surface area contributed by atoms with Gasteiger partial charge in [0, 0.05) is 18.4 Å². The third kappa shape index (κ3) is 5.26. The van der Waals surface area contributed by atoms with Gasteiger partial charge in [-0.25, -0.2) is 9.98 Å². The molecule has 3 heterocycles. The summed E-state index contributed by atoms with van der Waals surface area (Å²) in [6, 6.07) is 9.65. The van der Waals surface area contributed by atoms with E-state index >= 15 is 0 Å². The Labute approximate surface area is 182 Å². The molecule has 152 valence electrons. The van der Waals surface area contributed by atoms with Crippen LogP contribution in [0.5, 0.6) is 0 Å². The number of aliphatic imine (C=N–C) groups is 1. The highest BCUT2D eigenvalue weighted by Gasteiger charge is 2.27. The predicted molar refractivity (Wildman–Crippen MR) is 121 cm³/mol. The number of imidazole rings is 1. The van der Waals surface area contributed by atoms with E-state index in [4.69, 9.17) is 4.42 Å². The fraction of sp³-hybridized carbons (Fsp3) is 0.400. The zero-order valence-electron chi connectivity index (χ0n) is 16.7. The number of aromatic nitrogens is 2. The molecular weight excluding hydrogens is 469 g/mol. The van der Waals surface area contributed by atoms with Crippen molar-refractivity contribution < 1.29 is 9.52 Å². The first-order valence-electron chi connectivity index (χ1n) is 9.14. The maximum Gasteiger partial charge on any atom is 0.191 e. The number of halogens is 1. The van der Waals surface area contributed by atoms with Crippen molar-refractivity contribution >= 4 is 35.6 Å². The summed E-state index contributed by atoms with van der Waals surface area (Å²) in [5, 5.41) is 17.0. The largest absolute Gasteiger partial charge is 0.463 e. The lowest BCUT2D eigenvalue weighted by Gasteiger charge is -2.22. The van der Waals surface area contributed by atoms with Crippen molar-refractivity contribution in [3.63, 3.8) is 0 Å². The molecular formula is C20H28IN5O2. The second kappa shape index (κ2) is 9.42. The van der Waals surface area contributed by atoms with Crippen LogP contribution in [0.1, 0.15) is 36.8 Å². The molecule has 0 bridgehead atoms. The summed E-state index contributed by atoms with van der Waals surface area (Å²) in [5.74, 6) is 1.92. The van der Waals surface area contributed by atoms with Crippen molar-refractivity contribution in [1.29, 1.82) is 0 Å². The Morgan fingerprint density at radius 3 is 2.68 bits per heavy atom. The minimum atomic E-state index is -1.13. The van der Waals surface area contributed by atoms with Crippen molar-refractivity contribution in [3.8, 4) is 0 Å². The Kier molecular flexibility index (Phi) is 7.48. The summed E-state index contributed by atoms with van der Waals surface area (Å²) in [6.07, 6.45) is 2.00. The van der Waals surface area contributed by atoms with Crippen molar-refractivity contribution in [2.45, 2.75) is 39.8 Å². The van der Waals surface area contributed by atoms with Gasteiger partial charge in [-0.3, -0.25) is 0 Å². The molecule has 7 nitrogen and oxygen atoms in total. The van der Waals surface area contributed by atoms with Gasteiger partial charge >= 0.3 is 0 Å². The molecule has 0 aliphatic heterocycles. The standard InChI is InChI=1S/C20H27N5O2.HI/c1-5-21-19(23-13-20(4,26)17-10-9-15(3)27-17)22-11-16-12-25-14(2)7-6-8-18(25)24-16;/h6-10,12,26H,5,11,13H2,1-4H3,(H2,21,22,23);1H. The number of aliphatic hydroxyl groups is 1. The van der Waals surface area contributed by atoms with Crippen LogP contribution >= 0.6 is 24.0 Å². The van der Waals surface area contributed by atoms with Crippen LogP contribution in [0.2, 0.25) is 0 Å². The Morgan fingerprint density at radius 1 is 1.25 bits per heavy atom. The minimum Gasteiger partial charge on any atom is -0.463 e. The van der Waals surface area contributed by atoms with Crippen LogP contribution in [0.15, 0.2) is 45.9 Å². The quantitative estimate of drug-likeness (QED) is 0.277. The molecule has 0 radical (unpaired) electrons. The van der Waals surface area contributed by atoms with Crippen LogP contribution in [-0.4, -0.2) is 33.5 Å². The average molecular weight is 497 g/mol. The Balaban J connectivity index is 0.00000280. The Morgan fingerprint density at radius 2 is 2.04 bits per heavy atom. The van der Waals surface area contributed by atoms with E-state index in [1.807, 2.05) is 51.2 Å². The molecule has 0 aliphatic rings. The predicted octanol–water partition coefficient (Wildman–Crippen LogP) is 3.12. The lowest BCUT2D eigenvalue weighted by Crippen LogP contribution is -2.44. The van der Waals surface area contributed by atoms with E-state index in [1.54, 1.807) is 13.0 Å². The van der Waals surface area contributed by atoms with Crippen LogP contribution in [0.3, 0.4) is 0 Å². The van der Waals surface area contributed by atoms with Crippen LogP contribution in [-0.2, 0) is 12.1 Å². The van der Waals surface area contributed by atoms with Gasteiger partial charge in [-0.1, -0.05) is 6.07 Å². The molecule has 0 aromatic carbocycles. The number of furan rings is 1. The summed E-state index contributed by atoms with van der Waals surface area (Å²) in [5.41, 5.74) is 1.79. The van der Waals surface area contributed by atoms with E-state index in [2.05, 4.69) is 25.0 Å². The van der Waals surface area contributed by atoms with Crippen LogP contribution < -0.4 is 10.6 Å². The molecule has 3 aromatic heterocycles. The maximum absolute atomic E-state index is 10.7. The molecule has 0 amide bonds. The molecule has 0 saturated heterocycles. The van der Waals surface area contributed by atoms with E-state index in [0.717, 1.165) is 29.3 Å². The number of hydrogen-bond acceptors (Lipinski definition) is 4. The first kappa shape index (κ1) is 22.2. The van der Waals surface area contributed by atoms with Crippen LogP contribution in [0.4, 0.5) is 0 Å². The van der Waals surface area contributed by atoms with Gasteiger partial charge < -0.3 is 24.6 Å². The zero-order chi connectivity index (χ0) is 19.4. The first-order valence-corrected chi connectivity index (χ1v) is 9.14. The molecule has 8 heteroatoms. The van der Waals surface area contributed by atoms with Gasteiger partial charge in [-0.15, -0.1) is 24.0 Å². The summed E-state index contributed by atoms with van der Waals surface area (Å²) < 4.78 is 7.60. The van der Waals surface area contributed by atoms with E-state index in [9.17, 15) is 5.11 Å². The molecule has 3 rings (SSSR count). The van der Waals surface area contributed by atoms with Gasteiger partial charge in [0.15, 0.2) is 5.96 Å². The smallest absolute Gasteiger partial charge is 0.191 e. The van der Waals surface area contributed by atoms with E-state index in [-0.39, 0.29) is 30.5 Å². The number of guanidine groups is 1. The first-order chi connectivity index (χ1) is 12.9. The number of hydrogen-bond donors (Lipinski definition) is 3. The number of pyridine rings is 1. The second-order valence-corrected chi connectivity index (χ2v) is 6.86. The molecule has 3 aromatic rings. The monoisotopic (exact) mass is 497 g/mol. The number of aryl methyl sites for hydroxylation is 2. The topological polar surface area (TPSA) is 87.1 Å². The summed E-state index contributed by atoms with van der Waals surface area (Å²) in [6.45, 7) is 9.06. The van der Waals surface area contributed by atoms with Crippen molar-refractivity contribution in [3.05, 3.63) is 59.4 Å². The summed E-state index contributed by atoms with van der Waals surface area (Å²) in [4.78, 5) is 9.19. The summed E-state index contributed by atoms with van der Waals surface area (Å²) in [7, 11) is 0. The van der Waals surface area contributed by atoms with Gasteiger partial charge in [0.1, 0.15) is 22.8 Å². The molecule has 1 atom stereocenters. The van der Waals surface area contributed by atoms with Crippen LogP contribution in [0.25, 0.3) is 5.65 Å². The highest BCUT2D eigenvalue weighted by atomic mass is 127. The van der Waals surface area contributed by atoms with Gasteiger partial charge in [0.05, 0.1) is 18.8 Å². The molecule has 1 unspecified atom stereocenters. The number of fused-ring (bicyclic) bond motifs is 1. The summed E-state index contributed by atoms with van der Waals surface area (Å²) >= 11 is 0. The Hall–Kier alpha value is -2.07. The molecule has 0 fully saturated rings. The third-order valence-electron chi connectivity index (χ3n) is 4.36. The lowest BCUT2D eigenvalue weighted by molar-refractivity contribution is 0.0378. The lowest BCUT2D eigenvalue weighted by atomic mass is 10.0. The molecule has 0 aliphatic carbocycles. The maximum atomic E-state index is 10.7. The van der Waals surface area contributed by atoms with E-state index in [0.29, 0.717) is 18.3 Å². The number of rotatable bonds is 6. The van der Waals surface area contributed by atoms with Gasteiger partial charge in [0.25, 0.3) is 0 Å². The second-order valence-electron chi connectivity index (χ2n) is 6.86. The highest BCUT2D eigenvalue weighted by Crippen LogP contribution is 2.21. The van der Waals surface area contributed by atoms with Crippen LogP contribution in [0, 0.1) is 13.8 Å². The van der Waals surface area contributed by atoms with Crippen molar-refractivity contribution in [2.75, 3.05) is 13.1 Å². The van der Waals surface area contributed by atoms with Gasteiger partial charge in [-0.05, 0) is 52.0 Å². The fourth-order valence-electron chi connectivity index (χ4n) is 2.84. The minimum absolute atomic E-state index is 0. The van der Waals surface area contributed by atoms with Crippen molar-refractivity contribution in [2.24, 2.45) is 4.99 Å². The number of nitrogens with one attached hydrogen (secondary N) is 2. The van der Waals surface area contributed by atoms with Gasteiger partial charge in [0.2, 0.25) is 0 Å². The average Bonchev–Trinajstić information content (AvgIpc) is 3.25. The van der Waals surface area contributed by atoms with E-state index < -0.39 is 5.60 Å².